The average molecular weight is 228 g/mol. The van der Waals surface area contributed by atoms with Gasteiger partial charge in [-0.2, -0.15) is 0 Å². The first-order chi connectivity index (χ1) is 7.61. The fourth-order valence-corrected chi connectivity index (χ4v) is 2.58. The molecule has 0 heterocycles. The smallest absolute Gasteiger partial charge is 0.0695 e. The Morgan fingerprint density at radius 1 is 1.00 bits per heavy atom. The second-order valence-corrected chi connectivity index (χ2v) is 5.41. The van der Waals surface area contributed by atoms with E-state index in [9.17, 15) is 5.11 Å². The summed E-state index contributed by atoms with van der Waals surface area (Å²) in [5.74, 6) is 0. The van der Waals surface area contributed by atoms with Gasteiger partial charge in [-0.15, -0.1) is 0 Å². The summed E-state index contributed by atoms with van der Waals surface area (Å²) in [5.41, 5.74) is 0. The zero-order valence-electron chi connectivity index (χ0n) is 11.2. The molecule has 1 rings (SSSR count). The van der Waals surface area contributed by atoms with E-state index >= 15 is 0 Å². The van der Waals surface area contributed by atoms with E-state index in [4.69, 9.17) is 0 Å². The van der Waals surface area contributed by atoms with Gasteiger partial charge in [-0.25, -0.2) is 0 Å². The van der Waals surface area contributed by atoms with Crippen LogP contribution in [0, 0.1) is 0 Å². The van der Waals surface area contributed by atoms with Crippen LogP contribution in [0.15, 0.2) is 0 Å². The van der Waals surface area contributed by atoms with E-state index < -0.39 is 0 Å². The number of hydrogen-bond donors (Lipinski definition) is 1. The summed E-state index contributed by atoms with van der Waals surface area (Å²) in [7, 11) is 6.38. The highest BCUT2D eigenvalue weighted by atomic mass is 16.3. The van der Waals surface area contributed by atoms with Crippen molar-refractivity contribution in [1.82, 2.24) is 9.80 Å². The Labute approximate surface area is 100 Å². The molecule has 2 atom stereocenters. The van der Waals surface area contributed by atoms with Crippen LogP contribution >= 0.6 is 0 Å². The maximum Gasteiger partial charge on any atom is 0.0695 e. The highest BCUT2D eigenvalue weighted by Gasteiger charge is 2.24. The molecule has 0 aromatic rings. The third kappa shape index (κ3) is 4.81. The fraction of sp³-hybridized carbons (Fsp3) is 1.00. The third-order valence-corrected chi connectivity index (χ3v) is 3.63. The summed E-state index contributed by atoms with van der Waals surface area (Å²) in [5, 5.41) is 10.1. The first-order valence-corrected chi connectivity index (χ1v) is 6.64. The predicted molar refractivity (Wildman–Crippen MR) is 68.7 cm³/mol. The fourth-order valence-electron chi connectivity index (χ4n) is 2.58. The molecule has 1 aliphatic rings. The molecule has 1 aliphatic carbocycles. The van der Waals surface area contributed by atoms with Gasteiger partial charge in [-0.05, 0) is 53.5 Å². The highest BCUT2D eigenvalue weighted by molar-refractivity contribution is 4.80. The lowest BCUT2D eigenvalue weighted by atomic mass is 10.0. The lowest BCUT2D eigenvalue weighted by Crippen LogP contribution is -2.41. The number of nitrogens with zero attached hydrogens (tertiary/aromatic N) is 2. The van der Waals surface area contributed by atoms with Crippen molar-refractivity contribution in [2.45, 2.75) is 50.7 Å². The minimum Gasteiger partial charge on any atom is -0.391 e. The Balaban J connectivity index is 2.29. The molecular weight excluding hydrogens is 200 g/mol. The Hall–Kier alpha value is -0.120. The number of aliphatic hydroxyl groups is 1. The van der Waals surface area contributed by atoms with Gasteiger partial charge in [0.15, 0.2) is 0 Å². The van der Waals surface area contributed by atoms with Crippen molar-refractivity contribution in [3.8, 4) is 0 Å². The minimum atomic E-state index is -0.105. The van der Waals surface area contributed by atoms with Gasteiger partial charge in [0.25, 0.3) is 0 Å². The van der Waals surface area contributed by atoms with Gasteiger partial charge in [0.1, 0.15) is 0 Å². The third-order valence-electron chi connectivity index (χ3n) is 3.63. The first-order valence-electron chi connectivity index (χ1n) is 6.64. The van der Waals surface area contributed by atoms with Gasteiger partial charge in [0.2, 0.25) is 0 Å². The van der Waals surface area contributed by atoms with Gasteiger partial charge >= 0.3 is 0 Å². The summed E-state index contributed by atoms with van der Waals surface area (Å²) in [6.45, 7) is 2.23. The van der Waals surface area contributed by atoms with Crippen molar-refractivity contribution in [1.29, 1.82) is 0 Å². The Kier molecular flexibility index (Phi) is 6.32. The topological polar surface area (TPSA) is 26.7 Å². The SMILES string of the molecule is CN(C)CCCN(C)C1CCCCCC1O. The molecule has 0 saturated heterocycles. The molecule has 16 heavy (non-hydrogen) atoms. The van der Waals surface area contributed by atoms with Crippen LogP contribution in [0.1, 0.15) is 38.5 Å². The molecule has 0 bridgehead atoms. The molecule has 0 amide bonds. The van der Waals surface area contributed by atoms with Gasteiger partial charge in [0.05, 0.1) is 6.10 Å². The average Bonchev–Trinajstić information content (AvgIpc) is 2.42. The molecule has 0 aromatic carbocycles. The molecule has 3 heteroatoms. The Morgan fingerprint density at radius 2 is 1.69 bits per heavy atom. The lowest BCUT2D eigenvalue weighted by molar-refractivity contribution is 0.0566. The van der Waals surface area contributed by atoms with Crippen LogP contribution in [0.5, 0.6) is 0 Å². The number of hydrogen-bond acceptors (Lipinski definition) is 3. The van der Waals surface area contributed by atoms with E-state index in [0.717, 1.165) is 19.5 Å². The molecule has 96 valence electrons. The van der Waals surface area contributed by atoms with Gasteiger partial charge in [-0.1, -0.05) is 19.3 Å². The standard InChI is InChI=1S/C13H28N2O/c1-14(2)10-7-11-15(3)12-8-5-4-6-9-13(12)16/h12-13,16H,4-11H2,1-3H3. The van der Waals surface area contributed by atoms with Crippen LogP contribution < -0.4 is 0 Å². The molecule has 1 fully saturated rings. The van der Waals surface area contributed by atoms with Gasteiger partial charge in [-0.3, -0.25) is 0 Å². The predicted octanol–water partition coefficient (Wildman–Crippen LogP) is 1.56. The molecule has 0 aliphatic heterocycles. The van der Waals surface area contributed by atoms with Crippen LogP contribution in [0.2, 0.25) is 0 Å². The molecule has 2 unspecified atom stereocenters. The maximum atomic E-state index is 10.1. The van der Waals surface area contributed by atoms with E-state index in [1.807, 2.05) is 0 Å². The first kappa shape index (κ1) is 13.9. The summed E-state index contributed by atoms with van der Waals surface area (Å²) < 4.78 is 0. The van der Waals surface area contributed by atoms with Gasteiger partial charge in [0, 0.05) is 6.04 Å². The van der Waals surface area contributed by atoms with Crippen molar-refractivity contribution >= 4 is 0 Å². The van der Waals surface area contributed by atoms with Crippen molar-refractivity contribution in [2.24, 2.45) is 0 Å². The summed E-state index contributed by atoms with van der Waals surface area (Å²) in [6, 6.07) is 0.393. The number of likely N-dealkylation sites (N-methyl/N-ethyl adjacent to an activating group) is 1. The van der Waals surface area contributed by atoms with Crippen molar-refractivity contribution in [3.63, 3.8) is 0 Å². The monoisotopic (exact) mass is 228 g/mol. The molecule has 0 aromatic heterocycles. The Bertz CT molecular complexity index is 185. The molecular formula is C13H28N2O. The van der Waals surface area contributed by atoms with Crippen LogP contribution in [-0.2, 0) is 0 Å². The minimum absolute atomic E-state index is 0.105. The summed E-state index contributed by atoms with van der Waals surface area (Å²) in [4.78, 5) is 4.58. The zero-order chi connectivity index (χ0) is 12.0. The quantitative estimate of drug-likeness (QED) is 0.724. The van der Waals surface area contributed by atoms with Crippen LogP contribution in [0.3, 0.4) is 0 Å². The van der Waals surface area contributed by atoms with Crippen molar-refractivity contribution in [2.75, 3.05) is 34.2 Å². The molecule has 0 radical (unpaired) electrons. The Morgan fingerprint density at radius 3 is 2.38 bits per heavy atom. The number of aliphatic hydroxyl groups excluding tert-OH is 1. The van der Waals surface area contributed by atoms with Gasteiger partial charge < -0.3 is 14.9 Å². The molecule has 3 nitrogen and oxygen atoms in total. The summed E-state index contributed by atoms with van der Waals surface area (Å²) >= 11 is 0. The van der Waals surface area contributed by atoms with E-state index in [0.29, 0.717) is 6.04 Å². The normalized spacial score (nSPS) is 27.4. The highest BCUT2D eigenvalue weighted by Crippen LogP contribution is 2.21. The zero-order valence-corrected chi connectivity index (χ0v) is 11.2. The van der Waals surface area contributed by atoms with E-state index in [1.54, 1.807) is 0 Å². The second-order valence-electron chi connectivity index (χ2n) is 5.41. The van der Waals surface area contributed by atoms with Crippen LogP contribution in [0.25, 0.3) is 0 Å². The van der Waals surface area contributed by atoms with E-state index in [-0.39, 0.29) is 6.10 Å². The van der Waals surface area contributed by atoms with E-state index in [2.05, 4.69) is 30.9 Å². The molecule has 1 N–H and O–H groups in total. The summed E-state index contributed by atoms with van der Waals surface area (Å²) in [6.07, 6.45) is 7.00. The molecule has 1 saturated carbocycles. The number of rotatable bonds is 5. The van der Waals surface area contributed by atoms with E-state index in [1.165, 1.54) is 32.1 Å². The van der Waals surface area contributed by atoms with Crippen molar-refractivity contribution in [3.05, 3.63) is 0 Å². The second kappa shape index (κ2) is 7.25. The lowest BCUT2D eigenvalue weighted by Gasteiger charge is -2.31. The maximum absolute atomic E-state index is 10.1. The largest absolute Gasteiger partial charge is 0.391 e. The molecule has 0 spiro atoms. The van der Waals surface area contributed by atoms with Crippen molar-refractivity contribution < 1.29 is 5.11 Å². The van der Waals surface area contributed by atoms with Crippen LogP contribution in [-0.4, -0.2) is 61.3 Å². The van der Waals surface area contributed by atoms with Crippen LogP contribution in [0.4, 0.5) is 0 Å².